The van der Waals surface area contributed by atoms with Gasteiger partial charge >= 0.3 is 5.97 Å². The van der Waals surface area contributed by atoms with Crippen molar-refractivity contribution >= 4 is 23.6 Å². The zero-order valence-electron chi connectivity index (χ0n) is 8.16. The first-order valence-electron chi connectivity index (χ1n) is 4.26. The zero-order chi connectivity index (χ0) is 11.0. The molecule has 5 heteroatoms. The SMILES string of the molecule is C=CCSCC(=O)NCC(C)C(=O)O. The first-order chi connectivity index (χ1) is 6.57. The summed E-state index contributed by atoms with van der Waals surface area (Å²) in [5, 5.41) is 11.1. The van der Waals surface area contributed by atoms with Crippen LogP contribution in [0.15, 0.2) is 12.7 Å². The van der Waals surface area contributed by atoms with E-state index in [1.807, 2.05) is 0 Å². The van der Waals surface area contributed by atoms with E-state index < -0.39 is 11.9 Å². The molecule has 1 unspecified atom stereocenters. The topological polar surface area (TPSA) is 66.4 Å². The van der Waals surface area contributed by atoms with Crippen LogP contribution in [0.3, 0.4) is 0 Å². The molecule has 0 spiro atoms. The highest BCUT2D eigenvalue weighted by atomic mass is 32.2. The first kappa shape index (κ1) is 13.0. The third kappa shape index (κ3) is 6.54. The van der Waals surface area contributed by atoms with Crippen molar-refractivity contribution in [3.8, 4) is 0 Å². The standard InChI is InChI=1S/C9H15NO3S/c1-3-4-14-6-8(11)10-5-7(2)9(12)13/h3,7H,1,4-6H2,2H3,(H,10,11)(H,12,13). The number of aliphatic carboxylic acids is 1. The minimum atomic E-state index is -0.899. The van der Waals surface area contributed by atoms with E-state index in [-0.39, 0.29) is 12.5 Å². The molecule has 1 atom stereocenters. The van der Waals surface area contributed by atoms with Crippen LogP contribution in [-0.4, -0.2) is 35.0 Å². The second-order valence-electron chi connectivity index (χ2n) is 2.85. The molecule has 0 fully saturated rings. The van der Waals surface area contributed by atoms with Gasteiger partial charge in [0.1, 0.15) is 0 Å². The molecule has 0 aromatic carbocycles. The lowest BCUT2D eigenvalue weighted by atomic mass is 10.2. The molecule has 0 aliphatic carbocycles. The monoisotopic (exact) mass is 217 g/mol. The van der Waals surface area contributed by atoms with Crippen molar-refractivity contribution in [3.63, 3.8) is 0 Å². The van der Waals surface area contributed by atoms with Gasteiger partial charge < -0.3 is 10.4 Å². The van der Waals surface area contributed by atoms with Crippen molar-refractivity contribution < 1.29 is 14.7 Å². The van der Waals surface area contributed by atoms with Crippen LogP contribution in [0, 0.1) is 5.92 Å². The highest BCUT2D eigenvalue weighted by Gasteiger charge is 2.11. The van der Waals surface area contributed by atoms with Crippen LogP contribution in [-0.2, 0) is 9.59 Å². The molecule has 0 aromatic rings. The van der Waals surface area contributed by atoms with Gasteiger partial charge in [-0.15, -0.1) is 18.3 Å². The fourth-order valence-corrected chi connectivity index (χ4v) is 1.21. The summed E-state index contributed by atoms with van der Waals surface area (Å²) in [6.07, 6.45) is 1.72. The number of nitrogens with one attached hydrogen (secondary N) is 1. The molecule has 14 heavy (non-hydrogen) atoms. The maximum Gasteiger partial charge on any atom is 0.308 e. The van der Waals surface area contributed by atoms with Gasteiger partial charge in [0.05, 0.1) is 11.7 Å². The quantitative estimate of drug-likeness (QED) is 0.487. The van der Waals surface area contributed by atoms with Crippen LogP contribution in [0.2, 0.25) is 0 Å². The van der Waals surface area contributed by atoms with Gasteiger partial charge in [-0.3, -0.25) is 9.59 Å². The molecule has 0 saturated heterocycles. The van der Waals surface area contributed by atoms with Crippen LogP contribution in [0.1, 0.15) is 6.92 Å². The molecule has 80 valence electrons. The first-order valence-corrected chi connectivity index (χ1v) is 5.41. The maximum atomic E-state index is 11.1. The van der Waals surface area contributed by atoms with Crippen molar-refractivity contribution in [1.29, 1.82) is 0 Å². The lowest BCUT2D eigenvalue weighted by Crippen LogP contribution is -2.32. The average Bonchev–Trinajstić information content (AvgIpc) is 2.14. The fourth-order valence-electron chi connectivity index (χ4n) is 0.640. The molecule has 1 amide bonds. The van der Waals surface area contributed by atoms with Gasteiger partial charge in [-0.1, -0.05) is 13.0 Å². The van der Waals surface area contributed by atoms with Crippen molar-refractivity contribution in [2.24, 2.45) is 5.92 Å². The summed E-state index contributed by atoms with van der Waals surface area (Å²) in [5.74, 6) is -0.502. The summed E-state index contributed by atoms with van der Waals surface area (Å²) < 4.78 is 0. The summed E-state index contributed by atoms with van der Waals surface area (Å²) in [5.41, 5.74) is 0. The Hall–Kier alpha value is -0.970. The van der Waals surface area contributed by atoms with E-state index in [9.17, 15) is 9.59 Å². The Morgan fingerprint density at radius 2 is 2.29 bits per heavy atom. The van der Waals surface area contributed by atoms with Gasteiger partial charge in [0.15, 0.2) is 0 Å². The lowest BCUT2D eigenvalue weighted by molar-refractivity contribution is -0.141. The van der Waals surface area contributed by atoms with Crippen LogP contribution in [0.25, 0.3) is 0 Å². The number of thioether (sulfide) groups is 1. The summed E-state index contributed by atoms with van der Waals surface area (Å²) in [4.78, 5) is 21.5. The Kier molecular flexibility index (Phi) is 6.92. The maximum absolute atomic E-state index is 11.1. The highest BCUT2D eigenvalue weighted by molar-refractivity contribution is 8.00. The molecule has 0 rings (SSSR count). The molecular weight excluding hydrogens is 202 g/mol. The zero-order valence-corrected chi connectivity index (χ0v) is 8.97. The largest absolute Gasteiger partial charge is 0.481 e. The van der Waals surface area contributed by atoms with Crippen molar-refractivity contribution in [2.45, 2.75) is 6.92 Å². The predicted molar refractivity (Wildman–Crippen MR) is 57.3 cm³/mol. The van der Waals surface area contributed by atoms with E-state index >= 15 is 0 Å². The van der Waals surface area contributed by atoms with E-state index in [0.29, 0.717) is 5.75 Å². The molecule has 0 saturated carbocycles. The Morgan fingerprint density at radius 1 is 1.64 bits per heavy atom. The van der Waals surface area contributed by atoms with Crippen molar-refractivity contribution in [1.82, 2.24) is 5.32 Å². The molecule has 2 N–H and O–H groups in total. The van der Waals surface area contributed by atoms with E-state index in [1.165, 1.54) is 11.8 Å². The summed E-state index contributed by atoms with van der Waals surface area (Å²) in [6, 6.07) is 0. The van der Waals surface area contributed by atoms with Crippen molar-refractivity contribution in [2.75, 3.05) is 18.1 Å². The number of hydrogen-bond donors (Lipinski definition) is 2. The summed E-state index contributed by atoms with van der Waals surface area (Å²) in [7, 11) is 0. The van der Waals surface area contributed by atoms with E-state index in [2.05, 4.69) is 11.9 Å². The van der Waals surface area contributed by atoms with Gasteiger partial charge in [-0.25, -0.2) is 0 Å². The smallest absolute Gasteiger partial charge is 0.308 e. The van der Waals surface area contributed by atoms with Crippen LogP contribution in [0.5, 0.6) is 0 Å². The normalized spacial score (nSPS) is 11.8. The van der Waals surface area contributed by atoms with Gasteiger partial charge in [0.25, 0.3) is 0 Å². The van der Waals surface area contributed by atoms with Gasteiger partial charge in [-0.05, 0) is 0 Å². The van der Waals surface area contributed by atoms with Gasteiger partial charge in [0.2, 0.25) is 5.91 Å². The van der Waals surface area contributed by atoms with Crippen molar-refractivity contribution in [3.05, 3.63) is 12.7 Å². The summed E-state index contributed by atoms with van der Waals surface area (Å²) >= 11 is 1.44. The molecule has 0 radical (unpaired) electrons. The van der Waals surface area contributed by atoms with Gasteiger partial charge in [0, 0.05) is 12.3 Å². The molecular formula is C9H15NO3S. The average molecular weight is 217 g/mol. The number of hydrogen-bond acceptors (Lipinski definition) is 3. The predicted octanol–water partition coefficient (Wildman–Crippen LogP) is 0.742. The Morgan fingerprint density at radius 3 is 2.79 bits per heavy atom. The molecule has 4 nitrogen and oxygen atoms in total. The van der Waals surface area contributed by atoms with E-state index in [0.717, 1.165) is 5.75 Å². The number of carbonyl (C=O) groups excluding carboxylic acids is 1. The Balaban J connectivity index is 3.53. The second-order valence-corrected chi connectivity index (χ2v) is 3.88. The van der Waals surface area contributed by atoms with Crippen LogP contribution in [0.4, 0.5) is 0 Å². The minimum Gasteiger partial charge on any atom is -0.481 e. The highest BCUT2D eigenvalue weighted by Crippen LogP contribution is 1.99. The van der Waals surface area contributed by atoms with Crippen LogP contribution < -0.4 is 5.32 Å². The van der Waals surface area contributed by atoms with Crippen LogP contribution >= 0.6 is 11.8 Å². The Labute approximate surface area is 87.8 Å². The summed E-state index contributed by atoms with van der Waals surface area (Å²) in [6.45, 7) is 5.26. The number of carboxylic acids is 1. The third-order valence-electron chi connectivity index (χ3n) is 1.50. The molecule has 0 aliphatic heterocycles. The molecule has 0 aromatic heterocycles. The number of rotatable bonds is 7. The third-order valence-corrected chi connectivity index (χ3v) is 2.43. The van der Waals surface area contributed by atoms with E-state index in [1.54, 1.807) is 13.0 Å². The number of carboxylic acid groups (broad SMARTS) is 1. The Bertz CT molecular complexity index is 218. The van der Waals surface area contributed by atoms with E-state index in [4.69, 9.17) is 5.11 Å². The number of amides is 1. The van der Waals surface area contributed by atoms with Gasteiger partial charge in [-0.2, -0.15) is 0 Å². The lowest BCUT2D eigenvalue weighted by Gasteiger charge is -2.07. The molecule has 0 bridgehead atoms. The fraction of sp³-hybridized carbons (Fsp3) is 0.556. The molecule has 0 heterocycles. The second kappa shape index (κ2) is 7.44. The molecule has 0 aliphatic rings. The minimum absolute atomic E-state index is 0.134. The number of carbonyl (C=O) groups is 2.